The molecule has 0 aliphatic heterocycles. The van der Waals surface area contributed by atoms with Gasteiger partial charge in [-0.15, -0.1) is 5.10 Å². The fourth-order valence-corrected chi connectivity index (χ4v) is 3.07. The molecule has 0 saturated carbocycles. The average molecular weight is 355 g/mol. The first-order valence-corrected chi connectivity index (χ1v) is 8.84. The van der Waals surface area contributed by atoms with E-state index in [1.54, 1.807) is 4.52 Å². The molecule has 5 rings (SSSR count). The van der Waals surface area contributed by atoms with Crippen LogP contribution in [0.2, 0.25) is 0 Å². The molecule has 1 aromatic carbocycles. The lowest BCUT2D eigenvalue weighted by atomic mass is 10.2. The second-order valence-corrected chi connectivity index (χ2v) is 6.29. The van der Waals surface area contributed by atoms with Crippen molar-refractivity contribution in [2.75, 3.05) is 11.9 Å². The van der Waals surface area contributed by atoms with Crippen molar-refractivity contribution in [1.82, 2.24) is 19.6 Å². The summed E-state index contributed by atoms with van der Waals surface area (Å²) in [7, 11) is 0. The van der Waals surface area contributed by atoms with Crippen molar-refractivity contribution in [3.05, 3.63) is 78.8 Å². The predicted octanol–water partition coefficient (Wildman–Crippen LogP) is 4.19. The van der Waals surface area contributed by atoms with E-state index in [0.29, 0.717) is 0 Å². The maximum atomic E-state index is 5.90. The summed E-state index contributed by atoms with van der Waals surface area (Å²) in [5, 5.41) is 8.98. The molecule has 4 aromatic heterocycles. The Balaban J connectivity index is 1.36. The van der Waals surface area contributed by atoms with E-state index in [9.17, 15) is 0 Å². The van der Waals surface area contributed by atoms with Gasteiger partial charge in [0.05, 0.1) is 6.20 Å². The molecule has 6 nitrogen and oxygen atoms in total. The van der Waals surface area contributed by atoms with Crippen LogP contribution in [0.25, 0.3) is 28.1 Å². The summed E-state index contributed by atoms with van der Waals surface area (Å²) in [4.78, 5) is 8.94. The molecule has 1 N–H and O–H groups in total. The number of hydrogen-bond donors (Lipinski definition) is 1. The van der Waals surface area contributed by atoms with Crippen LogP contribution in [0.4, 0.5) is 5.82 Å². The maximum Gasteiger partial charge on any atom is 0.155 e. The predicted molar refractivity (Wildman–Crippen MR) is 105 cm³/mol. The lowest BCUT2D eigenvalue weighted by Crippen LogP contribution is -2.08. The van der Waals surface area contributed by atoms with Crippen molar-refractivity contribution in [2.24, 2.45) is 0 Å². The standard InChI is InChI=1S/C21H17N5O/c1-2-7-18-15(5-1)13-19(27-18)17-14-26-21(24-17)9-8-20(25-26)23-12-10-16-6-3-4-11-22-16/h1-9,11,13-14H,10,12H2,(H,23,25). The van der Waals surface area contributed by atoms with Crippen LogP contribution in [0.3, 0.4) is 0 Å². The van der Waals surface area contributed by atoms with Crippen LogP contribution in [-0.4, -0.2) is 26.1 Å². The lowest BCUT2D eigenvalue weighted by Gasteiger charge is -2.05. The highest BCUT2D eigenvalue weighted by Gasteiger charge is 2.11. The summed E-state index contributed by atoms with van der Waals surface area (Å²) in [5.74, 6) is 1.54. The van der Waals surface area contributed by atoms with Crippen LogP contribution in [-0.2, 0) is 6.42 Å². The van der Waals surface area contributed by atoms with Gasteiger partial charge >= 0.3 is 0 Å². The molecule has 0 spiro atoms. The third kappa shape index (κ3) is 3.13. The number of fused-ring (bicyclic) bond motifs is 2. The monoisotopic (exact) mass is 355 g/mol. The molecule has 0 fully saturated rings. The summed E-state index contributed by atoms with van der Waals surface area (Å²) in [6.45, 7) is 0.765. The van der Waals surface area contributed by atoms with Crippen molar-refractivity contribution < 1.29 is 4.42 Å². The van der Waals surface area contributed by atoms with E-state index >= 15 is 0 Å². The second kappa shape index (κ2) is 6.57. The SMILES string of the molecule is c1ccc(CCNc2ccc3nc(-c4cc5ccccc5o4)cn3n2)nc1. The molecule has 5 aromatic rings. The number of anilines is 1. The highest BCUT2D eigenvalue weighted by Crippen LogP contribution is 2.27. The zero-order valence-electron chi connectivity index (χ0n) is 14.5. The van der Waals surface area contributed by atoms with Crippen LogP contribution in [0.5, 0.6) is 0 Å². The average Bonchev–Trinajstić information content (AvgIpc) is 3.32. The van der Waals surface area contributed by atoms with E-state index in [2.05, 4.69) is 20.4 Å². The second-order valence-electron chi connectivity index (χ2n) is 6.29. The molecular formula is C21H17N5O. The van der Waals surface area contributed by atoms with Gasteiger partial charge in [-0.05, 0) is 36.4 Å². The van der Waals surface area contributed by atoms with Gasteiger partial charge < -0.3 is 9.73 Å². The van der Waals surface area contributed by atoms with Crippen molar-refractivity contribution in [1.29, 1.82) is 0 Å². The number of hydrogen-bond acceptors (Lipinski definition) is 5. The Labute approximate surface area is 155 Å². The quantitative estimate of drug-likeness (QED) is 0.512. The van der Waals surface area contributed by atoms with Crippen LogP contribution in [0.1, 0.15) is 5.69 Å². The molecule has 6 heteroatoms. The van der Waals surface area contributed by atoms with Crippen molar-refractivity contribution in [3.63, 3.8) is 0 Å². The number of rotatable bonds is 5. The molecule has 0 saturated heterocycles. The number of aromatic nitrogens is 4. The highest BCUT2D eigenvalue weighted by atomic mass is 16.3. The Kier molecular flexibility index (Phi) is 3.79. The Morgan fingerprint density at radius 1 is 1.00 bits per heavy atom. The first-order valence-electron chi connectivity index (χ1n) is 8.84. The summed E-state index contributed by atoms with van der Waals surface area (Å²) in [5.41, 5.74) is 3.46. The van der Waals surface area contributed by atoms with E-state index < -0.39 is 0 Å². The zero-order valence-corrected chi connectivity index (χ0v) is 14.5. The number of nitrogens with one attached hydrogen (secondary N) is 1. The van der Waals surface area contributed by atoms with Gasteiger partial charge in [0.2, 0.25) is 0 Å². The van der Waals surface area contributed by atoms with Gasteiger partial charge in [0.1, 0.15) is 17.1 Å². The van der Waals surface area contributed by atoms with E-state index in [1.165, 1.54) is 0 Å². The molecule has 132 valence electrons. The highest BCUT2D eigenvalue weighted by molar-refractivity contribution is 5.82. The third-order valence-corrected chi connectivity index (χ3v) is 4.41. The van der Waals surface area contributed by atoms with Gasteiger partial charge in [-0.1, -0.05) is 24.3 Å². The van der Waals surface area contributed by atoms with E-state index in [1.807, 2.05) is 73.1 Å². The summed E-state index contributed by atoms with van der Waals surface area (Å²) in [6.07, 6.45) is 4.54. The first-order chi connectivity index (χ1) is 13.3. The van der Waals surface area contributed by atoms with Gasteiger partial charge in [0, 0.05) is 30.2 Å². The molecule has 0 aliphatic rings. The maximum absolute atomic E-state index is 5.90. The minimum Gasteiger partial charge on any atom is -0.454 e. The normalized spacial score (nSPS) is 11.3. The Morgan fingerprint density at radius 3 is 2.81 bits per heavy atom. The largest absolute Gasteiger partial charge is 0.454 e. The van der Waals surface area contributed by atoms with Crippen LogP contribution >= 0.6 is 0 Å². The van der Waals surface area contributed by atoms with Crippen LogP contribution in [0.15, 0.2) is 77.5 Å². The zero-order chi connectivity index (χ0) is 18.1. The Hall–Kier alpha value is -3.67. The van der Waals surface area contributed by atoms with Crippen LogP contribution < -0.4 is 5.32 Å². The molecule has 0 unspecified atom stereocenters. The minimum atomic E-state index is 0.742. The number of imidazole rings is 1. The third-order valence-electron chi connectivity index (χ3n) is 4.41. The molecule has 0 aliphatic carbocycles. The summed E-state index contributed by atoms with van der Waals surface area (Å²) >= 11 is 0. The van der Waals surface area contributed by atoms with Gasteiger partial charge in [-0.2, -0.15) is 0 Å². The lowest BCUT2D eigenvalue weighted by molar-refractivity contribution is 0.629. The van der Waals surface area contributed by atoms with Crippen molar-refractivity contribution in [2.45, 2.75) is 6.42 Å². The number of pyridine rings is 1. The van der Waals surface area contributed by atoms with E-state index in [-0.39, 0.29) is 0 Å². The topological polar surface area (TPSA) is 68.2 Å². The number of nitrogens with zero attached hydrogens (tertiary/aromatic N) is 4. The van der Waals surface area contributed by atoms with E-state index in [4.69, 9.17) is 4.42 Å². The Bertz CT molecular complexity index is 1180. The smallest absolute Gasteiger partial charge is 0.155 e. The van der Waals surface area contributed by atoms with Gasteiger partial charge in [-0.25, -0.2) is 9.50 Å². The van der Waals surface area contributed by atoms with Crippen LogP contribution in [0, 0.1) is 0 Å². The molecule has 0 amide bonds. The molecule has 4 heterocycles. The summed E-state index contributed by atoms with van der Waals surface area (Å²) in [6, 6.07) is 19.8. The van der Waals surface area contributed by atoms with Gasteiger partial charge in [0.15, 0.2) is 11.4 Å². The minimum absolute atomic E-state index is 0.742. The number of para-hydroxylation sites is 1. The van der Waals surface area contributed by atoms with Gasteiger partial charge in [-0.3, -0.25) is 4.98 Å². The van der Waals surface area contributed by atoms with Crippen molar-refractivity contribution >= 4 is 22.4 Å². The summed E-state index contributed by atoms with van der Waals surface area (Å²) < 4.78 is 7.67. The fourth-order valence-electron chi connectivity index (χ4n) is 3.07. The fraction of sp³-hybridized carbons (Fsp3) is 0.0952. The van der Waals surface area contributed by atoms with Crippen molar-refractivity contribution in [3.8, 4) is 11.5 Å². The molecular weight excluding hydrogens is 338 g/mol. The number of benzene rings is 1. The molecule has 0 bridgehead atoms. The molecule has 0 radical (unpaired) electrons. The molecule has 27 heavy (non-hydrogen) atoms. The molecule has 0 atom stereocenters. The van der Waals surface area contributed by atoms with Gasteiger partial charge in [0.25, 0.3) is 0 Å². The Morgan fingerprint density at radius 2 is 1.93 bits per heavy atom. The van der Waals surface area contributed by atoms with E-state index in [0.717, 1.165) is 52.5 Å². The number of furan rings is 1. The first kappa shape index (κ1) is 15.6.